The molecule has 234 valence electrons. The number of rotatable bonds is 9. The summed E-state index contributed by atoms with van der Waals surface area (Å²) in [4.78, 5) is 42.0. The van der Waals surface area contributed by atoms with Gasteiger partial charge >= 0.3 is 6.18 Å². The van der Waals surface area contributed by atoms with Gasteiger partial charge in [0.15, 0.2) is 0 Å². The molecule has 43 heavy (non-hydrogen) atoms. The van der Waals surface area contributed by atoms with E-state index in [9.17, 15) is 27.6 Å². The van der Waals surface area contributed by atoms with Crippen molar-refractivity contribution in [2.75, 3.05) is 19.7 Å². The van der Waals surface area contributed by atoms with Gasteiger partial charge in [-0.25, -0.2) is 5.01 Å². The molecule has 4 rings (SSSR count). The molecule has 1 aromatic rings. The number of hydrazone groups is 1. The molecule has 0 aromatic heterocycles. The molecule has 0 radical (unpaired) electrons. The molecule has 3 amide bonds. The molecule has 0 bridgehead atoms. The van der Waals surface area contributed by atoms with E-state index >= 15 is 0 Å². The lowest BCUT2D eigenvalue weighted by molar-refractivity contribution is -0.187. The van der Waals surface area contributed by atoms with Gasteiger partial charge in [-0.15, -0.1) is 0 Å². The summed E-state index contributed by atoms with van der Waals surface area (Å²) in [6, 6.07) is 0.660. The van der Waals surface area contributed by atoms with E-state index in [1.165, 1.54) is 18.7 Å². The van der Waals surface area contributed by atoms with Gasteiger partial charge in [-0.1, -0.05) is 41.4 Å². The number of allylic oxidation sites excluding steroid dienone is 2. The smallest absolute Gasteiger partial charge is 0.383 e. The first-order valence-electron chi connectivity index (χ1n) is 13.5. The van der Waals surface area contributed by atoms with Crippen LogP contribution >= 0.6 is 23.2 Å². The summed E-state index contributed by atoms with van der Waals surface area (Å²) in [5, 5.41) is 11.0. The maximum absolute atomic E-state index is 14.0. The minimum Gasteiger partial charge on any atom is -0.383 e. The Balaban J connectivity index is 1.60. The number of fused-ring (bicyclic) bond motifs is 1. The van der Waals surface area contributed by atoms with Crippen molar-refractivity contribution in [1.82, 2.24) is 20.5 Å². The number of carbonyl (C=O) groups is 3. The number of piperidine rings is 1. The molecule has 10 nitrogen and oxygen atoms in total. The number of nitrogens with two attached hydrogens (primary N) is 1. The number of benzene rings is 1. The number of hydrogen-bond donors (Lipinski definition) is 3. The molecule has 1 fully saturated rings. The van der Waals surface area contributed by atoms with Crippen molar-refractivity contribution in [2.24, 2.45) is 16.3 Å². The highest BCUT2D eigenvalue weighted by Gasteiger charge is 2.61. The van der Waals surface area contributed by atoms with E-state index in [2.05, 4.69) is 15.7 Å². The number of nitrogens with zero attached hydrogens (tertiary/aromatic N) is 3. The predicted octanol–water partition coefficient (Wildman–Crippen LogP) is 3.14. The molecule has 3 aliphatic heterocycles. The van der Waals surface area contributed by atoms with Crippen LogP contribution in [0.2, 0.25) is 10.0 Å². The van der Waals surface area contributed by atoms with E-state index in [1.54, 1.807) is 42.6 Å². The van der Waals surface area contributed by atoms with Crippen molar-refractivity contribution in [3.05, 3.63) is 58.2 Å². The molecule has 4 atom stereocenters. The summed E-state index contributed by atoms with van der Waals surface area (Å²) < 4.78 is 46.8. The number of hydrogen-bond acceptors (Lipinski definition) is 7. The van der Waals surface area contributed by atoms with Crippen molar-refractivity contribution in [3.8, 4) is 0 Å². The van der Waals surface area contributed by atoms with Crippen molar-refractivity contribution < 1.29 is 32.3 Å². The lowest BCUT2D eigenvalue weighted by atomic mass is 9.71. The number of ether oxygens (including phenoxy) is 1. The normalized spacial score (nSPS) is 23.4. The fourth-order valence-electron chi connectivity index (χ4n) is 5.06. The van der Waals surface area contributed by atoms with Crippen LogP contribution in [0.5, 0.6) is 0 Å². The number of likely N-dealkylation sites (tertiary alicyclic amines) is 1. The largest absolute Gasteiger partial charge is 0.410 e. The molecule has 0 aliphatic carbocycles. The van der Waals surface area contributed by atoms with Crippen LogP contribution in [0.4, 0.5) is 13.2 Å². The van der Waals surface area contributed by atoms with Gasteiger partial charge in [0.1, 0.15) is 17.5 Å². The highest BCUT2D eigenvalue weighted by molar-refractivity contribution is 6.35. The zero-order chi connectivity index (χ0) is 31.7. The van der Waals surface area contributed by atoms with Gasteiger partial charge < -0.3 is 26.0 Å². The van der Waals surface area contributed by atoms with Crippen LogP contribution in [-0.4, -0.2) is 82.9 Å². The average Bonchev–Trinajstić information content (AvgIpc) is 3.24. The van der Waals surface area contributed by atoms with Crippen LogP contribution < -0.4 is 16.4 Å². The quantitative estimate of drug-likeness (QED) is 0.379. The van der Waals surface area contributed by atoms with Crippen LogP contribution in [0.3, 0.4) is 0 Å². The molecule has 1 saturated heterocycles. The standard InChI is InChI=1S/C28H33Cl2F3N6O4/c1-16(28(31,32)33)39-25(42)27(21-6-4-5-10-35-21)15-38(11-9-22(27)37-39)23(40)20(36-24(41)26(2,3)34)14-43-13-17-7-8-18(29)12-19(17)30/h4-8,10,12,16,20-21,35H,9,11,13-15,34H2,1-3H3,(H,36,41)/t16-,20?,21+,27?/m1/s1. The lowest BCUT2D eigenvalue weighted by Gasteiger charge is -2.44. The Morgan fingerprint density at radius 1 is 1.28 bits per heavy atom. The molecule has 0 saturated carbocycles. The van der Waals surface area contributed by atoms with Gasteiger partial charge in [0.2, 0.25) is 11.8 Å². The molecule has 15 heteroatoms. The minimum atomic E-state index is -4.71. The molecular formula is C28H33Cl2F3N6O4. The topological polar surface area (TPSA) is 129 Å². The van der Waals surface area contributed by atoms with Gasteiger partial charge in [-0.2, -0.15) is 18.3 Å². The molecular weight excluding hydrogens is 612 g/mol. The fourth-order valence-corrected chi connectivity index (χ4v) is 5.53. The van der Waals surface area contributed by atoms with Gasteiger partial charge in [0.25, 0.3) is 5.91 Å². The number of carbonyl (C=O) groups excluding carboxylic acids is 3. The number of amides is 3. The second-order valence-electron chi connectivity index (χ2n) is 11.3. The van der Waals surface area contributed by atoms with Crippen molar-refractivity contribution in [2.45, 2.75) is 63.6 Å². The van der Waals surface area contributed by atoms with E-state index < -0.39 is 53.0 Å². The predicted molar refractivity (Wildman–Crippen MR) is 155 cm³/mol. The number of alkyl halides is 3. The summed E-state index contributed by atoms with van der Waals surface area (Å²) in [5.41, 5.74) is 3.86. The van der Waals surface area contributed by atoms with Gasteiger partial charge in [0, 0.05) is 29.6 Å². The number of nitrogens with one attached hydrogen (secondary N) is 2. The summed E-state index contributed by atoms with van der Waals surface area (Å²) in [6.45, 7) is 3.30. The third kappa shape index (κ3) is 6.84. The average molecular weight is 646 g/mol. The molecule has 0 spiro atoms. The minimum absolute atomic E-state index is 0.00564. The van der Waals surface area contributed by atoms with E-state index in [-0.39, 0.29) is 38.4 Å². The van der Waals surface area contributed by atoms with E-state index in [0.717, 1.165) is 6.92 Å². The van der Waals surface area contributed by atoms with Crippen LogP contribution in [-0.2, 0) is 25.7 Å². The molecule has 2 unspecified atom stereocenters. The summed E-state index contributed by atoms with van der Waals surface area (Å²) in [7, 11) is 0. The molecule has 4 N–H and O–H groups in total. The van der Waals surface area contributed by atoms with E-state index in [4.69, 9.17) is 33.7 Å². The van der Waals surface area contributed by atoms with Crippen molar-refractivity contribution in [3.63, 3.8) is 0 Å². The van der Waals surface area contributed by atoms with Crippen LogP contribution in [0.25, 0.3) is 0 Å². The maximum atomic E-state index is 14.0. The Labute approximate surface area is 257 Å². The van der Waals surface area contributed by atoms with Crippen LogP contribution in [0, 0.1) is 5.41 Å². The highest BCUT2D eigenvalue weighted by atomic mass is 35.5. The Bertz CT molecular complexity index is 1360. The van der Waals surface area contributed by atoms with Gasteiger partial charge in [-0.3, -0.25) is 14.4 Å². The summed E-state index contributed by atoms with van der Waals surface area (Å²) >= 11 is 12.2. The fraction of sp³-hybridized carbons (Fsp3) is 0.500. The zero-order valence-electron chi connectivity index (χ0n) is 23.8. The highest BCUT2D eigenvalue weighted by Crippen LogP contribution is 2.42. The Morgan fingerprint density at radius 2 is 2.00 bits per heavy atom. The maximum Gasteiger partial charge on any atom is 0.410 e. The monoisotopic (exact) mass is 644 g/mol. The van der Waals surface area contributed by atoms with Crippen molar-refractivity contribution in [1.29, 1.82) is 0 Å². The third-order valence-electron chi connectivity index (χ3n) is 7.61. The van der Waals surface area contributed by atoms with Crippen molar-refractivity contribution >= 4 is 46.6 Å². The Hall–Kier alpha value is -3.13. The SMILES string of the molecule is C[C@@H](N1N=C2CCN(C(=O)C(COCc3ccc(Cl)cc3Cl)NC(=O)C(C)(C)N)CC2([C@@H]2C=CC=CN2)C1=O)C(F)(F)F. The van der Waals surface area contributed by atoms with Crippen LogP contribution in [0.15, 0.2) is 47.7 Å². The first-order valence-corrected chi connectivity index (χ1v) is 14.3. The lowest BCUT2D eigenvalue weighted by Crippen LogP contribution is -2.65. The summed E-state index contributed by atoms with van der Waals surface area (Å²) in [6.07, 6.45) is 1.89. The second kappa shape index (κ2) is 12.5. The second-order valence-corrected chi connectivity index (χ2v) is 12.1. The first-order chi connectivity index (χ1) is 20.1. The summed E-state index contributed by atoms with van der Waals surface area (Å²) in [5.74, 6) is -2.10. The molecule has 3 heterocycles. The van der Waals surface area contributed by atoms with Gasteiger partial charge in [0.05, 0.1) is 30.5 Å². The van der Waals surface area contributed by atoms with E-state index in [0.29, 0.717) is 20.6 Å². The van der Waals surface area contributed by atoms with E-state index in [1.807, 2.05) is 0 Å². The number of halogens is 5. The van der Waals surface area contributed by atoms with Gasteiger partial charge in [-0.05, 0) is 50.7 Å². The number of dihydropyridines is 1. The zero-order valence-corrected chi connectivity index (χ0v) is 25.3. The van der Waals surface area contributed by atoms with Crippen LogP contribution in [0.1, 0.15) is 32.8 Å². The third-order valence-corrected chi connectivity index (χ3v) is 8.19. The first kappa shape index (κ1) is 32.8. The molecule has 3 aliphatic rings. The Kier molecular flexibility index (Phi) is 9.50. The Morgan fingerprint density at radius 3 is 2.60 bits per heavy atom. The molecule has 1 aromatic carbocycles.